The molecule has 0 radical (unpaired) electrons. The quantitative estimate of drug-likeness (QED) is 0.618. The summed E-state index contributed by atoms with van der Waals surface area (Å²) in [5, 5.41) is 19.2. The Morgan fingerprint density at radius 2 is 2.21 bits per heavy atom. The van der Waals surface area contributed by atoms with Gasteiger partial charge in [-0.2, -0.15) is 0 Å². The van der Waals surface area contributed by atoms with Crippen LogP contribution in [0.25, 0.3) is 10.6 Å². The van der Waals surface area contributed by atoms with Crippen LogP contribution in [0.4, 0.5) is 0 Å². The number of rotatable bonds is 4. The molecule has 5 rings (SSSR count). The lowest BCUT2D eigenvalue weighted by Crippen LogP contribution is -2.06. The summed E-state index contributed by atoms with van der Waals surface area (Å²) in [5.74, 6) is 1.22. The fourth-order valence-electron chi connectivity index (χ4n) is 2.87. The maximum absolute atomic E-state index is 10.9. The van der Waals surface area contributed by atoms with Crippen molar-refractivity contribution >= 4 is 16.2 Å². The smallest absolute Gasteiger partial charge is 0.155 e. The fourth-order valence-corrected chi connectivity index (χ4v) is 4.17. The number of hydrogen-bond acceptors (Lipinski definition) is 6. The lowest BCUT2D eigenvalue weighted by molar-refractivity contribution is 0.208. The topological polar surface area (TPSA) is 81.1 Å². The van der Waals surface area contributed by atoms with Gasteiger partial charge in [0.2, 0.25) is 0 Å². The molecule has 1 saturated carbocycles. The van der Waals surface area contributed by atoms with E-state index in [2.05, 4.69) is 20.3 Å². The maximum atomic E-state index is 10.9. The minimum Gasteiger partial charge on any atom is -0.380 e. The summed E-state index contributed by atoms with van der Waals surface area (Å²) in [6, 6.07) is 5.58. The van der Waals surface area contributed by atoms with Crippen molar-refractivity contribution in [3.63, 3.8) is 0 Å². The Balaban J connectivity index is 1.57. The lowest BCUT2D eigenvalue weighted by Gasteiger charge is -2.09. The zero-order valence-corrected chi connectivity index (χ0v) is 13.5. The first-order valence-electron chi connectivity index (χ1n) is 7.77. The third-order valence-electron chi connectivity index (χ3n) is 4.21. The molecule has 1 atom stereocenters. The number of fused-ring (bicyclic) bond motifs is 1. The molecule has 0 amide bonds. The van der Waals surface area contributed by atoms with E-state index in [0.717, 1.165) is 10.5 Å². The van der Waals surface area contributed by atoms with E-state index in [0.29, 0.717) is 17.4 Å². The summed E-state index contributed by atoms with van der Waals surface area (Å²) in [6.45, 7) is 0. The number of hydrogen-bond donors (Lipinski definition) is 1. The van der Waals surface area contributed by atoms with E-state index in [4.69, 9.17) is 0 Å². The van der Waals surface area contributed by atoms with Gasteiger partial charge in [0.25, 0.3) is 0 Å². The normalized spacial score (nSPS) is 15.9. The summed E-state index contributed by atoms with van der Waals surface area (Å²) in [6.07, 6.45) is 8.53. The van der Waals surface area contributed by atoms with Crippen molar-refractivity contribution in [2.45, 2.75) is 24.9 Å². The van der Waals surface area contributed by atoms with Gasteiger partial charge >= 0.3 is 0 Å². The molecule has 7 nitrogen and oxygen atoms in total. The molecule has 0 spiro atoms. The number of aromatic nitrogens is 6. The number of aliphatic hydroxyl groups is 1. The zero-order valence-electron chi connectivity index (χ0n) is 12.6. The average Bonchev–Trinajstić information content (AvgIpc) is 3.04. The molecule has 0 bridgehead atoms. The van der Waals surface area contributed by atoms with Crippen LogP contribution >= 0.6 is 11.3 Å². The first-order chi connectivity index (χ1) is 11.8. The molecule has 1 N–H and O–H groups in total. The van der Waals surface area contributed by atoms with Crippen molar-refractivity contribution in [3.8, 4) is 5.82 Å². The SMILES string of the molecule is OC(c1cn(-c2ccccn2)nn1)c1c(C2CC2)sc2cncn12. The molecule has 120 valence electrons. The molecule has 8 heteroatoms. The molecule has 0 aliphatic heterocycles. The number of nitrogens with zero attached hydrogens (tertiary/aromatic N) is 6. The Labute approximate surface area is 141 Å². The Hall–Kier alpha value is -2.58. The zero-order chi connectivity index (χ0) is 16.1. The summed E-state index contributed by atoms with van der Waals surface area (Å²) >= 11 is 1.70. The Morgan fingerprint density at radius 3 is 3.00 bits per heavy atom. The molecule has 0 aromatic carbocycles. The van der Waals surface area contributed by atoms with Gasteiger partial charge in [-0.15, -0.1) is 16.4 Å². The van der Waals surface area contributed by atoms with Gasteiger partial charge in [-0.1, -0.05) is 11.3 Å². The molecule has 4 aromatic heterocycles. The third-order valence-corrected chi connectivity index (χ3v) is 5.49. The predicted octanol–water partition coefficient (Wildman–Crippen LogP) is 2.33. The molecule has 4 aromatic rings. The van der Waals surface area contributed by atoms with Gasteiger partial charge in [-0.25, -0.2) is 14.6 Å². The Morgan fingerprint density at radius 1 is 1.29 bits per heavy atom. The Kier molecular flexibility index (Phi) is 3.00. The molecule has 0 saturated heterocycles. The fraction of sp³-hybridized carbons (Fsp3) is 0.250. The van der Waals surface area contributed by atoms with Crippen LogP contribution < -0.4 is 0 Å². The first-order valence-corrected chi connectivity index (χ1v) is 8.59. The summed E-state index contributed by atoms with van der Waals surface area (Å²) in [7, 11) is 0. The van der Waals surface area contributed by atoms with E-state index >= 15 is 0 Å². The van der Waals surface area contributed by atoms with E-state index in [1.54, 1.807) is 34.7 Å². The lowest BCUT2D eigenvalue weighted by atomic mass is 10.1. The van der Waals surface area contributed by atoms with Crippen LogP contribution in [-0.4, -0.2) is 34.5 Å². The van der Waals surface area contributed by atoms with Gasteiger partial charge < -0.3 is 5.11 Å². The summed E-state index contributed by atoms with van der Waals surface area (Å²) in [4.78, 5) is 10.7. The van der Waals surface area contributed by atoms with Gasteiger partial charge in [0, 0.05) is 11.1 Å². The van der Waals surface area contributed by atoms with E-state index in [9.17, 15) is 5.11 Å². The van der Waals surface area contributed by atoms with Crippen LogP contribution in [0, 0.1) is 0 Å². The minimum atomic E-state index is -0.832. The highest BCUT2D eigenvalue weighted by Gasteiger charge is 2.33. The molecular weight excluding hydrogens is 324 g/mol. The Bertz CT molecular complexity index is 1000. The third kappa shape index (κ3) is 2.15. The second-order valence-electron chi connectivity index (χ2n) is 5.91. The first kappa shape index (κ1) is 13.8. The number of thiazole rings is 1. The predicted molar refractivity (Wildman–Crippen MR) is 88.3 cm³/mol. The molecule has 1 unspecified atom stereocenters. The molecule has 24 heavy (non-hydrogen) atoms. The highest BCUT2D eigenvalue weighted by Crippen LogP contribution is 2.47. The van der Waals surface area contributed by atoms with Crippen LogP contribution in [-0.2, 0) is 0 Å². The minimum absolute atomic E-state index is 0.510. The second kappa shape index (κ2) is 5.22. The highest BCUT2D eigenvalue weighted by atomic mass is 32.1. The second-order valence-corrected chi connectivity index (χ2v) is 6.97. The monoisotopic (exact) mass is 338 g/mol. The summed E-state index contributed by atoms with van der Waals surface area (Å²) < 4.78 is 3.54. The van der Waals surface area contributed by atoms with Gasteiger partial charge in [0.05, 0.1) is 18.1 Å². The van der Waals surface area contributed by atoms with Gasteiger partial charge in [0.15, 0.2) is 5.82 Å². The highest BCUT2D eigenvalue weighted by molar-refractivity contribution is 7.17. The molecule has 1 fully saturated rings. The standard InChI is InChI=1S/C16H14N6OS/c23-15(11-8-22(20-19-11)12-3-1-2-6-18-12)14-16(10-4-5-10)24-13-7-17-9-21(13)14/h1-3,6-10,15,23H,4-5H2. The van der Waals surface area contributed by atoms with Crippen LogP contribution in [0.1, 0.15) is 41.1 Å². The van der Waals surface area contributed by atoms with Crippen LogP contribution in [0.3, 0.4) is 0 Å². The largest absolute Gasteiger partial charge is 0.380 e. The van der Waals surface area contributed by atoms with Gasteiger partial charge in [-0.3, -0.25) is 4.40 Å². The van der Waals surface area contributed by atoms with Crippen molar-refractivity contribution in [2.75, 3.05) is 0 Å². The van der Waals surface area contributed by atoms with E-state index < -0.39 is 6.10 Å². The van der Waals surface area contributed by atoms with Crippen molar-refractivity contribution in [1.29, 1.82) is 0 Å². The van der Waals surface area contributed by atoms with Crippen molar-refractivity contribution in [1.82, 2.24) is 29.4 Å². The van der Waals surface area contributed by atoms with Crippen molar-refractivity contribution in [2.24, 2.45) is 0 Å². The van der Waals surface area contributed by atoms with E-state index in [1.807, 2.05) is 28.8 Å². The number of aliphatic hydroxyl groups excluding tert-OH is 1. The van der Waals surface area contributed by atoms with Crippen LogP contribution in [0.15, 0.2) is 43.1 Å². The van der Waals surface area contributed by atoms with E-state index in [-0.39, 0.29) is 0 Å². The number of imidazole rings is 1. The average molecular weight is 338 g/mol. The van der Waals surface area contributed by atoms with Crippen LogP contribution in [0.2, 0.25) is 0 Å². The molecule has 4 heterocycles. The van der Waals surface area contributed by atoms with Gasteiger partial charge in [0.1, 0.15) is 23.0 Å². The number of pyridine rings is 1. The molecular formula is C16H14N6OS. The van der Waals surface area contributed by atoms with E-state index in [1.165, 1.54) is 17.7 Å². The maximum Gasteiger partial charge on any atom is 0.155 e. The van der Waals surface area contributed by atoms with Crippen LogP contribution in [0.5, 0.6) is 0 Å². The molecule has 1 aliphatic rings. The van der Waals surface area contributed by atoms with Gasteiger partial charge in [-0.05, 0) is 30.9 Å². The molecule has 1 aliphatic carbocycles. The summed E-state index contributed by atoms with van der Waals surface area (Å²) in [5.41, 5.74) is 1.37. The van der Waals surface area contributed by atoms with Crippen molar-refractivity contribution < 1.29 is 5.11 Å². The van der Waals surface area contributed by atoms with Crippen molar-refractivity contribution in [3.05, 3.63) is 59.4 Å².